The second-order valence-electron chi connectivity index (χ2n) is 5.20. The fourth-order valence-corrected chi connectivity index (χ4v) is 2.58. The Morgan fingerprint density at radius 2 is 1.65 bits per heavy atom. The van der Waals surface area contributed by atoms with Crippen molar-refractivity contribution in [3.63, 3.8) is 0 Å². The Bertz CT molecular complexity index is 811. The van der Waals surface area contributed by atoms with Crippen LogP contribution in [0.2, 0.25) is 0 Å². The number of nitrogens with zero attached hydrogens (tertiary/aromatic N) is 1. The van der Waals surface area contributed by atoms with Crippen molar-refractivity contribution in [1.29, 1.82) is 0 Å². The Labute approximate surface area is 139 Å². The Morgan fingerprint density at radius 1 is 1.00 bits per heavy atom. The lowest BCUT2D eigenvalue weighted by Crippen LogP contribution is -2.54. The maximum Gasteiger partial charge on any atom is 0.270 e. The number of rotatable bonds is 2. The van der Waals surface area contributed by atoms with Crippen LogP contribution in [0.25, 0.3) is 6.08 Å². The second-order valence-corrected chi connectivity index (χ2v) is 5.59. The molecule has 114 valence electrons. The van der Waals surface area contributed by atoms with Crippen LogP contribution in [0.1, 0.15) is 11.1 Å². The molecule has 1 aliphatic heterocycles. The number of anilines is 1. The van der Waals surface area contributed by atoms with Crippen molar-refractivity contribution in [1.82, 2.24) is 5.32 Å². The van der Waals surface area contributed by atoms with Crippen molar-refractivity contribution >= 4 is 40.9 Å². The van der Waals surface area contributed by atoms with Crippen molar-refractivity contribution in [2.45, 2.75) is 6.92 Å². The van der Waals surface area contributed by atoms with Crippen molar-refractivity contribution in [3.05, 3.63) is 71.3 Å². The van der Waals surface area contributed by atoms with Crippen LogP contribution in [-0.4, -0.2) is 16.9 Å². The number of benzene rings is 2. The van der Waals surface area contributed by atoms with E-state index in [1.54, 1.807) is 18.2 Å². The standard InChI is InChI=1S/C18H14N2O2S/c1-12-7-9-14(10-8-12)20-17(22)15(16(21)19-18(20)23)11-13-5-3-2-4-6-13/h2-11H,1H3,(H,19,21,23). The predicted molar refractivity (Wildman–Crippen MR) is 93.8 cm³/mol. The normalized spacial score (nSPS) is 16.7. The van der Waals surface area contributed by atoms with E-state index < -0.39 is 11.8 Å². The highest BCUT2D eigenvalue weighted by Crippen LogP contribution is 2.22. The Balaban J connectivity index is 2.01. The lowest BCUT2D eigenvalue weighted by molar-refractivity contribution is -0.122. The largest absolute Gasteiger partial charge is 0.298 e. The highest BCUT2D eigenvalue weighted by atomic mass is 32.1. The van der Waals surface area contributed by atoms with Gasteiger partial charge in [0, 0.05) is 0 Å². The van der Waals surface area contributed by atoms with E-state index in [1.165, 1.54) is 4.90 Å². The molecule has 0 atom stereocenters. The van der Waals surface area contributed by atoms with Gasteiger partial charge in [0.15, 0.2) is 5.11 Å². The summed E-state index contributed by atoms with van der Waals surface area (Å²) in [5.74, 6) is -0.904. The molecule has 0 unspecified atom stereocenters. The molecule has 0 aliphatic carbocycles. The molecule has 0 saturated carbocycles. The van der Waals surface area contributed by atoms with Gasteiger partial charge >= 0.3 is 0 Å². The van der Waals surface area contributed by atoms with Crippen LogP contribution in [0.5, 0.6) is 0 Å². The Morgan fingerprint density at radius 3 is 2.30 bits per heavy atom. The molecular formula is C18H14N2O2S. The zero-order chi connectivity index (χ0) is 16.4. The molecule has 1 heterocycles. The summed E-state index contributed by atoms with van der Waals surface area (Å²) in [6.07, 6.45) is 1.57. The zero-order valence-electron chi connectivity index (χ0n) is 12.4. The molecule has 1 N–H and O–H groups in total. The maximum atomic E-state index is 12.7. The summed E-state index contributed by atoms with van der Waals surface area (Å²) >= 11 is 5.16. The molecule has 2 amide bonds. The van der Waals surface area contributed by atoms with Gasteiger partial charge in [-0.15, -0.1) is 0 Å². The van der Waals surface area contributed by atoms with E-state index in [4.69, 9.17) is 12.2 Å². The third-order valence-corrected chi connectivity index (χ3v) is 3.79. The molecule has 1 saturated heterocycles. The molecule has 0 aromatic heterocycles. The zero-order valence-corrected chi connectivity index (χ0v) is 13.3. The topological polar surface area (TPSA) is 49.4 Å². The Hall–Kier alpha value is -2.79. The van der Waals surface area contributed by atoms with Crippen LogP contribution < -0.4 is 10.2 Å². The first-order valence-electron chi connectivity index (χ1n) is 7.09. The van der Waals surface area contributed by atoms with Crippen LogP contribution in [0, 0.1) is 6.92 Å². The molecule has 23 heavy (non-hydrogen) atoms. The highest BCUT2D eigenvalue weighted by molar-refractivity contribution is 7.80. The first kappa shape index (κ1) is 15.1. The van der Waals surface area contributed by atoms with Crippen LogP contribution in [0.3, 0.4) is 0 Å². The van der Waals surface area contributed by atoms with Crippen molar-refractivity contribution in [2.75, 3.05) is 4.90 Å². The first-order valence-corrected chi connectivity index (χ1v) is 7.50. The summed E-state index contributed by atoms with van der Waals surface area (Å²) in [7, 11) is 0. The first-order chi connectivity index (χ1) is 11.1. The fraction of sp³-hybridized carbons (Fsp3) is 0.0556. The Kier molecular flexibility index (Phi) is 4.04. The SMILES string of the molecule is Cc1ccc(N2C(=O)C(=Cc3ccccc3)C(=O)NC2=S)cc1. The highest BCUT2D eigenvalue weighted by Gasteiger charge is 2.34. The minimum atomic E-state index is -0.479. The lowest BCUT2D eigenvalue weighted by Gasteiger charge is -2.29. The van der Waals surface area contributed by atoms with E-state index >= 15 is 0 Å². The summed E-state index contributed by atoms with van der Waals surface area (Å²) in [5.41, 5.74) is 2.55. The van der Waals surface area contributed by atoms with Gasteiger partial charge in [0.1, 0.15) is 5.57 Å². The third kappa shape index (κ3) is 3.05. The summed E-state index contributed by atoms with van der Waals surface area (Å²) in [4.78, 5) is 26.2. The summed E-state index contributed by atoms with van der Waals surface area (Å²) in [6.45, 7) is 1.96. The molecule has 1 fully saturated rings. The fourth-order valence-electron chi connectivity index (χ4n) is 2.30. The molecule has 0 spiro atoms. The van der Waals surface area contributed by atoms with Gasteiger partial charge in [-0.2, -0.15) is 0 Å². The monoisotopic (exact) mass is 322 g/mol. The maximum absolute atomic E-state index is 12.7. The van der Waals surface area contributed by atoms with Gasteiger partial charge in [-0.05, 0) is 42.9 Å². The lowest BCUT2D eigenvalue weighted by atomic mass is 10.1. The predicted octanol–water partition coefficient (Wildman–Crippen LogP) is 2.83. The van der Waals surface area contributed by atoms with E-state index in [9.17, 15) is 9.59 Å². The minimum absolute atomic E-state index is 0.0605. The van der Waals surface area contributed by atoms with E-state index in [2.05, 4.69) is 5.32 Å². The summed E-state index contributed by atoms with van der Waals surface area (Å²) in [6, 6.07) is 16.6. The average Bonchev–Trinajstić information content (AvgIpc) is 2.54. The molecule has 5 heteroatoms. The number of carbonyl (C=O) groups excluding carboxylic acids is 2. The number of aryl methyl sites for hydroxylation is 1. The number of hydrogen-bond acceptors (Lipinski definition) is 3. The summed E-state index contributed by atoms with van der Waals surface area (Å²) in [5, 5.41) is 2.66. The van der Waals surface area contributed by atoms with Gasteiger partial charge in [0.2, 0.25) is 0 Å². The van der Waals surface area contributed by atoms with Crippen molar-refractivity contribution < 1.29 is 9.59 Å². The molecule has 0 bridgehead atoms. The van der Waals surface area contributed by atoms with Gasteiger partial charge in [-0.1, -0.05) is 48.0 Å². The molecule has 4 nitrogen and oxygen atoms in total. The van der Waals surface area contributed by atoms with Gasteiger partial charge < -0.3 is 0 Å². The molecule has 1 aliphatic rings. The number of hydrogen-bond donors (Lipinski definition) is 1. The third-order valence-electron chi connectivity index (χ3n) is 3.50. The van der Waals surface area contributed by atoms with E-state index in [0.717, 1.165) is 11.1 Å². The average molecular weight is 322 g/mol. The summed E-state index contributed by atoms with van der Waals surface area (Å²) < 4.78 is 0. The smallest absolute Gasteiger partial charge is 0.270 e. The van der Waals surface area contributed by atoms with Gasteiger partial charge in [0.05, 0.1) is 5.69 Å². The molecule has 3 rings (SSSR count). The van der Waals surface area contributed by atoms with Crippen LogP contribution >= 0.6 is 12.2 Å². The number of carbonyl (C=O) groups is 2. The van der Waals surface area contributed by atoms with E-state index in [0.29, 0.717) is 5.69 Å². The van der Waals surface area contributed by atoms with Crippen LogP contribution in [0.4, 0.5) is 5.69 Å². The molecule has 2 aromatic rings. The number of amides is 2. The van der Waals surface area contributed by atoms with Gasteiger partial charge in [0.25, 0.3) is 11.8 Å². The molecule has 0 radical (unpaired) electrons. The van der Waals surface area contributed by atoms with Crippen molar-refractivity contribution in [2.24, 2.45) is 0 Å². The second kappa shape index (κ2) is 6.14. The number of thiocarbonyl (C=S) groups is 1. The van der Waals surface area contributed by atoms with Crippen LogP contribution in [0.15, 0.2) is 60.2 Å². The molecular weight excluding hydrogens is 308 g/mol. The van der Waals surface area contributed by atoms with Crippen molar-refractivity contribution in [3.8, 4) is 0 Å². The van der Waals surface area contributed by atoms with Gasteiger partial charge in [-0.3, -0.25) is 19.8 Å². The minimum Gasteiger partial charge on any atom is -0.298 e. The van der Waals surface area contributed by atoms with E-state index in [1.807, 2.05) is 49.4 Å². The van der Waals surface area contributed by atoms with Crippen LogP contribution in [-0.2, 0) is 9.59 Å². The van der Waals surface area contributed by atoms with Gasteiger partial charge in [-0.25, -0.2) is 0 Å². The number of nitrogens with one attached hydrogen (secondary N) is 1. The van der Waals surface area contributed by atoms with E-state index in [-0.39, 0.29) is 10.7 Å². The quantitative estimate of drug-likeness (QED) is 0.525. The molecule has 2 aromatic carbocycles.